The molecule has 0 bridgehead atoms. The minimum atomic E-state index is -0.893. The second-order valence-electron chi connectivity index (χ2n) is 10.1. The summed E-state index contributed by atoms with van der Waals surface area (Å²) in [7, 11) is 0. The summed E-state index contributed by atoms with van der Waals surface area (Å²) >= 11 is 0. The standard InChI is InChI=1S/C27H33N5O3/c1-27(2,3)21-8-10-22(11-9-21)32(25(33)23-7-5-13-31(23)19-28)24(20-6-4-12-29-18-20)26(34)30-14-16-35-17-15-30/h4,6,8-12,18,23-24H,5,7,13-17H2,1-3H3/t23-,24?/m1/s1. The van der Waals surface area contributed by atoms with Crippen molar-refractivity contribution >= 4 is 17.5 Å². The Morgan fingerprint density at radius 3 is 2.46 bits per heavy atom. The fourth-order valence-electron chi connectivity index (χ4n) is 4.73. The Balaban J connectivity index is 1.82. The highest BCUT2D eigenvalue weighted by molar-refractivity contribution is 6.04. The van der Waals surface area contributed by atoms with Gasteiger partial charge in [-0.1, -0.05) is 39.0 Å². The molecule has 0 saturated carbocycles. The van der Waals surface area contributed by atoms with Crippen molar-refractivity contribution in [2.75, 3.05) is 37.7 Å². The molecule has 1 unspecified atom stereocenters. The number of ether oxygens (including phenoxy) is 1. The molecule has 8 heteroatoms. The minimum Gasteiger partial charge on any atom is -0.378 e. The van der Waals surface area contributed by atoms with Crippen LogP contribution in [0.2, 0.25) is 0 Å². The summed E-state index contributed by atoms with van der Waals surface area (Å²) in [4.78, 5) is 37.2. The van der Waals surface area contributed by atoms with Crippen LogP contribution in [0, 0.1) is 11.5 Å². The summed E-state index contributed by atoms with van der Waals surface area (Å²) in [6.45, 7) is 8.80. The van der Waals surface area contributed by atoms with Gasteiger partial charge in [0.15, 0.2) is 6.19 Å². The zero-order valence-corrected chi connectivity index (χ0v) is 20.7. The van der Waals surface area contributed by atoms with E-state index < -0.39 is 12.1 Å². The quantitative estimate of drug-likeness (QED) is 0.617. The molecule has 2 saturated heterocycles. The summed E-state index contributed by atoms with van der Waals surface area (Å²) in [5.41, 5.74) is 2.34. The molecule has 2 aromatic rings. The maximum atomic E-state index is 14.1. The van der Waals surface area contributed by atoms with Crippen molar-refractivity contribution in [3.05, 3.63) is 59.9 Å². The lowest BCUT2D eigenvalue weighted by molar-refractivity contribution is -0.139. The third kappa shape index (κ3) is 5.30. The number of pyridine rings is 1. The third-order valence-corrected chi connectivity index (χ3v) is 6.73. The normalized spacial score (nSPS) is 19.2. The number of carbonyl (C=O) groups excluding carboxylic acids is 2. The molecule has 35 heavy (non-hydrogen) atoms. The van der Waals surface area contributed by atoms with Crippen LogP contribution in [0.4, 0.5) is 5.69 Å². The molecule has 8 nitrogen and oxygen atoms in total. The summed E-state index contributed by atoms with van der Waals surface area (Å²) < 4.78 is 5.45. The molecule has 0 N–H and O–H groups in total. The van der Waals surface area contributed by atoms with Crippen LogP contribution in [0.1, 0.15) is 50.8 Å². The second-order valence-corrected chi connectivity index (χ2v) is 10.1. The van der Waals surface area contributed by atoms with Crippen LogP contribution < -0.4 is 4.90 Å². The number of hydrogen-bond donors (Lipinski definition) is 0. The molecule has 2 amide bonds. The van der Waals surface area contributed by atoms with Crippen LogP contribution in [0.3, 0.4) is 0 Å². The summed E-state index contributed by atoms with van der Waals surface area (Å²) in [6, 6.07) is 9.93. The largest absolute Gasteiger partial charge is 0.378 e. The Morgan fingerprint density at radius 2 is 1.86 bits per heavy atom. The first-order chi connectivity index (χ1) is 16.8. The van der Waals surface area contributed by atoms with E-state index in [0.29, 0.717) is 50.5 Å². The van der Waals surface area contributed by atoms with Gasteiger partial charge in [0.25, 0.3) is 11.8 Å². The van der Waals surface area contributed by atoms with E-state index >= 15 is 0 Å². The van der Waals surface area contributed by atoms with Crippen molar-refractivity contribution in [1.29, 1.82) is 5.26 Å². The Hall–Kier alpha value is -3.44. The number of nitrogens with zero attached hydrogens (tertiary/aromatic N) is 5. The molecule has 184 valence electrons. The molecular formula is C27H33N5O3. The molecule has 2 aliphatic heterocycles. The molecule has 2 aliphatic rings. The first kappa shape index (κ1) is 24.7. The number of likely N-dealkylation sites (tertiary alicyclic amines) is 1. The van der Waals surface area contributed by atoms with Crippen molar-refractivity contribution < 1.29 is 14.3 Å². The van der Waals surface area contributed by atoms with E-state index in [1.807, 2.05) is 30.3 Å². The van der Waals surface area contributed by atoms with Crippen molar-refractivity contribution in [1.82, 2.24) is 14.8 Å². The lowest BCUT2D eigenvalue weighted by Gasteiger charge is -2.38. The maximum absolute atomic E-state index is 14.1. The van der Waals surface area contributed by atoms with Gasteiger partial charge in [0, 0.05) is 43.3 Å². The molecule has 2 atom stereocenters. The number of benzene rings is 1. The average Bonchev–Trinajstić information content (AvgIpc) is 3.36. The highest BCUT2D eigenvalue weighted by Gasteiger charge is 2.41. The third-order valence-electron chi connectivity index (χ3n) is 6.73. The van der Waals surface area contributed by atoms with Crippen molar-refractivity contribution in [3.8, 4) is 6.19 Å². The zero-order chi connectivity index (χ0) is 25.0. The van der Waals surface area contributed by atoms with Gasteiger partial charge >= 0.3 is 0 Å². The van der Waals surface area contributed by atoms with Gasteiger partial charge < -0.3 is 9.64 Å². The van der Waals surface area contributed by atoms with Crippen molar-refractivity contribution in [3.63, 3.8) is 0 Å². The number of anilines is 1. The van der Waals surface area contributed by atoms with E-state index in [-0.39, 0.29) is 17.2 Å². The molecule has 2 fully saturated rings. The lowest BCUT2D eigenvalue weighted by atomic mass is 9.87. The van der Waals surface area contributed by atoms with Crippen molar-refractivity contribution in [2.24, 2.45) is 0 Å². The second kappa shape index (κ2) is 10.4. The Labute approximate surface area is 207 Å². The maximum Gasteiger partial charge on any atom is 0.251 e. The van der Waals surface area contributed by atoms with Gasteiger partial charge in [-0.25, -0.2) is 0 Å². The van der Waals surface area contributed by atoms with E-state index in [9.17, 15) is 14.9 Å². The Morgan fingerprint density at radius 1 is 1.14 bits per heavy atom. The Kier molecular flexibility index (Phi) is 7.37. The fraction of sp³-hybridized carbons (Fsp3) is 0.481. The van der Waals surface area contributed by atoms with Gasteiger partial charge in [0.2, 0.25) is 0 Å². The van der Waals surface area contributed by atoms with Crippen LogP contribution in [0.25, 0.3) is 0 Å². The summed E-state index contributed by atoms with van der Waals surface area (Å²) in [5.74, 6) is -0.418. The number of amides is 2. The first-order valence-corrected chi connectivity index (χ1v) is 12.2. The van der Waals surface area contributed by atoms with Crippen LogP contribution >= 0.6 is 0 Å². The summed E-state index contributed by atoms with van der Waals surface area (Å²) in [5, 5.41) is 9.64. The van der Waals surface area contributed by atoms with Gasteiger partial charge in [0.05, 0.1) is 13.2 Å². The highest BCUT2D eigenvalue weighted by atomic mass is 16.5. The van der Waals surface area contributed by atoms with E-state index in [4.69, 9.17) is 4.74 Å². The number of aromatic nitrogens is 1. The SMILES string of the molecule is CC(C)(C)c1ccc(N(C(=O)[C@H]2CCCN2C#N)C(C(=O)N2CCOCC2)c2cccnc2)cc1. The van der Waals surface area contributed by atoms with Gasteiger partial charge in [-0.15, -0.1) is 0 Å². The highest BCUT2D eigenvalue weighted by Crippen LogP contribution is 2.34. The summed E-state index contributed by atoms with van der Waals surface area (Å²) in [6.07, 6.45) is 6.79. The number of morpholine rings is 1. The molecule has 4 rings (SSSR count). The molecule has 1 aromatic heterocycles. The van der Waals surface area contributed by atoms with Gasteiger partial charge in [-0.05, 0) is 42.0 Å². The topological polar surface area (TPSA) is 89.8 Å². The molecule has 0 aliphatic carbocycles. The average molecular weight is 476 g/mol. The van der Waals surface area contributed by atoms with E-state index in [1.165, 1.54) is 4.90 Å². The van der Waals surface area contributed by atoms with Gasteiger partial charge in [0.1, 0.15) is 12.1 Å². The number of nitriles is 1. The molecular weight excluding hydrogens is 442 g/mol. The monoisotopic (exact) mass is 475 g/mol. The predicted molar refractivity (Wildman–Crippen MR) is 132 cm³/mol. The van der Waals surface area contributed by atoms with Crippen LogP contribution in [0.15, 0.2) is 48.8 Å². The van der Waals surface area contributed by atoms with Gasteiger partial charge in [-0.2, -0.15) is 5.26 Å². The molecule has 0 spiro atoms. The van der Waals surface area contributed by atoms with E-state index in [2.05, 4.69) is 31.9 Å². The van der Waals surface area contributed by atoms with Crippen LogP contribution in [0.5, 0.6) is 0 Å². The van der Waals surface area contributed by atoms with Gasteiger partial charge in [-0.3, -0.25) is 24.4 Å². The molecule has 1 aromatic carbocycles. The zero-order valence-electron chi connectivity index (χ0n) is 20.7. The predicted octanol–water partition coefficient (Wildman–Crippen LogP) is 3.26. The lowest BCUT2D eigenvalue weighted by Crippen LogP contribution is -2.52. The van der Waals surface area contributed by atoms with Crippen molar-refractivity contribution in [2.45, 2.75) is 51.1 Å². The fourth-order valence-corrected chi connectivity index (χ4v) is 4.73. The van der Waals surface area contributed by atoms with E-state index in [0.717, 1.165) is 12.0 Å². The number of carbonyl (C=O) groups is 2. The first-order valence-electron chi connectivity index (χ1n) is 12.2. The van der Waals surface area contributed by atoms with E-state index in [1.54, 1.807) is 28.3 Å². The number of hydrogen-bond acceptors (Lipinski definition) is 6. The smallest absolute Gasteiger partial charge is 0.251 e. The van der Waals surface area contributed by atoms with Crippen LogP contribution in [-0.2, 0) is 19.7 Å². The Bertz CT molecular complexity index is 1070. The van der Waals surface area contributed by atoms with Crippen LogP contribution in [-0.4, -0.2) is 65.5 Å². The minimum absolute atomic E-state index is 0.0528. The molecule has 0 radical (unpaired) electrons. The molecule has 3 heterocycles. The number of rotatable bonds is 5.